The van der Waals surface area contributed by atoms with E-state index < -0.39 is 0 Å². The molecule has 0 amide bonds. The lowest BCUT2D eigenvalue weighted by Crippen LogP contribution is -3.15. The first-order valence-corrected chi connectivity index (χ1v) is 10.4. The zero-order valence-electron chi connectivity index (χ0n) is 15.0. The fourth-order valence-corrected chi connectivity index (χ4v) is 4.45. The van der Waals surface area contributed by atoms with Crippen LogP contribution in [0.5, 0.6) is 11.5 Å². The number of fused-ring (bicyclic) bond motifs is 1. The molecular weight excluding hydrogens is 382 g/mol. The molecule has 144 valence electrons. The molecule has 0 bridgehead atoms. The van der Waals surface area contributed by atoms with Crippen molar-refractivity contribution in [1.82, 2.24) is 10.6 Å². The maximum absolute atomic E-state index is 5.52. The van der Waals surface area contributed by atoms with Gasteiger partial charge in [-0.25, -0.2) is 0 Å². The van der Waals surface area contributed by atoms with E-state index in [1.54, 1.807) is 16.2 Å². The minimum atomic E-state index is 0.292. The Morgan fingerprint density at radius 3 is 2.81 bits per heavy atom. The van der Waals surface area contributed by atoms with Crippen LogP contribution in [-0.2, 0) is 11.3 Å². The van der Waals surface area contributed by atoms with E-state index in [1.165, 1.54) is 4.88 Å². The van der Waals surface area contributed by atoms with E-state index in [1.807, 2.05) is 18.2 Å². The SMILES string of the molecule is S=C(NCc1ccc2c(c1)OCO2)NC[C@@H](c1cccs1)[NH+]1CCOCC1. The second-order valence-electron chi connectivity index (χ2n) is 6.59. The van der Waals surface area contributed by atoms with Gasteiger partial charge < -0.3 is 29.7 Å². The molecule has 3 N–H and O–H groups in total. The van der Waals surface area contributed by atoms with Crippen molar-refractivity contribution >= 4 is 28.7 Å². The van der Waals surface area contributed by atoms with Crippen molar-refractivity contribution in [3.05, 3.63) is 46.2 Å². The maximum Gasteiger partial charge on any atom is 0.231 e. The summed E-state index contributed by atoms with van der Waals surface area (Å²) in [6.07, 6.45) is 0. The number of benzene rings is 1. The molecule has 2 aliphatic rings. The lowest BCUT2D eigenvalue weighted by molar-refractivity contribution is -0.937. The van der Waals surface area contributed by atoms with Crippen LogP contribution in [0.3, 0.4) is 0 Å². The number of quaternary nitrogens is 1. The van der Waals surface area contributed by atoms with E-state index in [9.17, 15) is 0 Å². The molecule has 4 rings (SSSR count). The van der Waals surface area contributed by atoms with Gasteiger partial charge in [-0.1, -0.05) is 12.1 Å². The first kappa shape index (κ1) is 18.5. The molecule has 0 saturated carbocycles. The molecule has 3 heterocycles. The molecule has 1 aromatic heterocycles. The first-order valence-electron chi connectivity index (χ1n) is 9.15. The van der Waals surface area contributed by atoms with Gasteiger partial charge in [0.15, 0.2) is 16.6 Å². The molecule has 27 heavy (non-hydrogen) atoms. The van der Waals surface area contributed by atoms with Crippen molar-refractivity contribution in [3.63, 3.8) is 0 Å². The fraction of sp³-hybridized carbons (Fsp3) is 0.421. The highest BCUT2D eigenvalue weighted by Crippen LogP contribution is 2.32. The summed E-state index contributed by atoms with van der Waals surface area (Å²) < 4.78 is 16.3. The van der Waals surface area contributed by atoms with Crippen LogP contribution in [0.1, 0.15) is 16.5 Å². The van der Waals surface area contributed by atoms with Gasteiger partial charge in [-0.15, -0.1) is 11.3 Å². The Morgan fingerprint density at radius 1 is 1.15 bits per heavy atom. The molecule has 0 spiro atoms. The average molecular weight is 407 g/mol. The predicted octanol–water partition coefficient (Wildman–Crippen LogP) is 1.10. The molecule has 1 atom stereocenters. The van der Waals surface area contributed by atoms with Crippen molar-refractivity contribution in [2.45, 2.75) is 12.6 Å². The van der Waals surface area contributed by atoms with E-state index in [2.05, 4.69) is 28.1 Å². The second kappa shape index (κ2) is 8.88. The van der Waals surface area contributed by atoms with Crippen LogP contribution in [0.2, 0.25) is 0 Å². The van der Waals surface area contributed by atoms with Crippen molar-refractivity contribution in [2.24, 2.45) is 0 Å². The largest absolute Gasteiger partial charge is 0.454 e. The van der Waals surface area contributed by atoms with E-state index in [4.69, 9.17) is 26.4 Å². The molecule has 8 heteroatoms. The van der Waals surface area contributed by atoms with Gasteiger partial charge in [0.1, 0.15) is 19.1 Å². The summed E-state index contributed by atoms with van der Waals surface area (Å²) in [4.78, 5) is 2.94. The van der Waals surface area contributed by atoms with Gasteiger partial charge in [0.25, 0.3) is 0 Å². The molecule has 1 fully saturated rings. The van der Waals surface area contributed by atoms with Crippen molar-refractivity contribution in [3.8, 4) is 11.5 Å². The Balaban J connectivity index is 1.30. The predicted molar refractivity (Wildman–Crippen MR) is 109 cm³/mol. The molecule has 0 aliphatic carbocycles. The summed E-state index contributed by atoms with van der Waals surface area (Å²) in [7, 11) is 0. The molecule has 1 aromatic carbocycles. The van der Waals surface area contributed by atoms with Gasteiger partial charge in [-0.05, 0) is 41.4 Å². The Labute approximate surface area is 168 Å². The summed E-state index contributed by atoms with van der Waals surface area (Å²) >= 11 is 7.30. The highest BCUT2D eigenvalue weighted by Gasteiger charge is 2.27. The van der Waals surface area contributed by atoms with Crippen LogP contribution >= 0.6 is 23.6 Å². The monoisotopic (exact) mass is 406 g/mol. The van der Waals surface area contributed by atoms with Crippen LogP contribution in [-0.4, -0.2) is 44.8 Å². The van der Waals surface area contributed by atoms with Gasteiger partial charge in [-0.2, -0.15) is 0 Å². The number of rotatable bonds is 6. The summed E-state index contributed by atoms with van der Waals surface area (Å²) in [5, 5.41) is 9.49. The number of thiocarbonyl (C=S) groups is 1. The van der Waals surface area contributed by atoms with Crippen LogP contribution in [0.25, 0.3) is 0 Å². The zero-order chi connectivity index (χ0) is 18.5. The minimum Gasteiger partial charge on any atom is -0.454 e. The molecule has 0 radical (unpaired) electrons. The highest BCUT2D eigenvalue weighted by molar-refractivity contribution is 7.80. The van der Waals surface area contributed by atoms with Gasteiger partial charge in [0, 0.05) is 6.54 Å². The maximum atomic E-state index is 5.52. The van der Waals surface area contributed by atoms with Crippen molar-refractivity contribution < 1.29 is 19.1 Å². The number of hydrogen-bond acceptors (Lipinski definition) is 5. The summed E-state index contributed by atoms with van der Waals surface area (Å²) in [5.74, 6) is 1.59. The smallest absolute Gasteiger partial charge is 0.231 e. The van der Waals surface area contributed by atoms with Crippen LogP contribution in [0.4, 0.5) is 0 Å². The zero-order valence-corrected chi connectivity index (χ0v) is 16.7. The third-order valence-electron chi connectivity index (χ3n) is 4.87. The number of morpholine rings is 1. The van der Waals surface area contributed by atoms with Crippen molar-refractivity contribution in [1.29, 1.82) is 0 Å². The lowest BCUT2D eigenvalue weighted by atomic mass is 10.2. The Bertz CT molecular complexity index is 764. The van der Waals surface area contributed by atoms with Gasteiger partial charge in [0.05, 0.1) is 24.6 Å². The molecule has 6 nitrogen and oxygen atoms in total. The third-order valence-corrected chi connectivity index (χ3v) is 6.15. The molecule has 2 aromatic rings. The normalized spacial score (nSPS) is 17.5. The van der Waals surface area contributed by atoms with E-state index in [-0.39, 0.29) is 0 Å². The standard InChI is InChI=1S/C19H23N3O3S2/c26-19(20-11-14-3-4-16-17(10-14)25-13-24-16)21-12-15(18-2-1-9-27-18)22-5-7-23-8-6-22/h1-4,9-10,15H,5-8,11-13H2,(H2,20,21,26)/p+1/t15-/m0/s1. The van der Waals surface area contributed by atoms with Crippen LogP contribution in [0, 0.1) is 0 Å². The molecular formula is C19H24N3O3S2+. The van der Waals surface area contributed by atoms with E-state index in [0.717, 1.165) is 49.9 Å². The average Bonchev–Trinajstić information content (AvgIpc) is 3.39. The van der Waals surface area contributed by atoms with Gasteiger partial charge in [-0.3, -0.25) is 0 Å². The summed E-state index contributed by atoms with van der Waals surface area (Å²) in [5.41, 5.74) is 1.11. The van der Waals surface area contributed by atoms with Crippen LogP contribution in [0.15, 0.2) is 35.7 Å². The van der Waals surface area contributed by atoms with Crippen molar-refractivity contribution in [2.75, 3.05) is 39.6 Å². The summed E-state index contributed by atoms with van der Waals surface area (Å²) in [6.45, 7) is 5.46. The third kappa shape index (κ3) is 4.70. The molecule has 2 aliphatic heterocycles. The summed E-state index contributed by atoms with van der Waals surface area (Å²) in [6, 6.07) is 10.7. The second-order valence-corrected chi connectivity index (χ2v) is 7.98. The van der Waals surface area contributed by atoms with Gasteiger partial charge >= 0.3 is 0 Å². The topological polar surface area (TPSA) is 56.2 Å². The number of thiophene rings is 1. The number of nitrogens with one attached hydrogen (secondary N) is 3. The van der Waals surface area contributed by atoms with Gasteiger partial charge in [0.2, 0.25) is 6.79 Å². The Morgan fingerprint density at radius 2 is 2.00 bits per heavy atom. The first-order chi connectivity index (χ1) is 13.3. The number of ether oxygens (including phenoxy) is 3. The molecule has 0 unspecified atom stereocenters. The quantitative estimate of drug-likeness (QED) is 0.625. The van der Waals surface area contributed by atoms with Crippen LogP contribution < -0.4 is 25.0 Å². The Hall–Kier alpha value is -1.87. The van der Waals surface area contributed by atoms with E-state index >= 15 is 0 Å². The highest BCUT2D eigenvalue weighted by atomic mass is 32.1. The fourth-order valence-electron chi connectivity index (χ4n) is 3.41. The molecule has 1 saturated heterocycles. The number of hydrogen-bond donors (Lipinski definition) is 3. The van der Waals surface area contributed by atoms with E-state index in [0.29, 0.717) is 24.5 Å². The lowest BCUT2D eigenvalue weighted by Gasteiger charge is -2.31. The minimum absolute atomic E-state index is 0.292. The Kier molecular flexibility index (Phi) is 6.08.